The summed E-state index contributed by atoms with van der Waals surface area (Å²) in [6.45, 7) is 17.9. The summed E-state index contributed by atoms with van der Waals surface area (Å²) in [6, 6.07) is 119. The zero-order valence-corrected chi connectivity index (χ0v) is 80.7. The number of nitrogens with zero attached hydrogens (tertiary/aromatic N) is 9. The zero-order valence-electron chi connectivity index (χ0n) is 73.1. The van der Waals surface area contributed by atoms with E-state index in [0.717, 1.165) is 115 Å². The van der Waals surface area contributed by atoms with Gasteiger partial charge in [-0.15, -0.1) is 41.4 Å². The molecule has 0 spiro atoms. The van der Waals surface area contributed by atoms with Gasteiger partial charge in [0.2, 0.25) is 11.0 Å². The van der Waals surface area contributed by atoms with Crippen LogP contribution in [0.3, 0.4) is 0 Å². The van der Waals surface area contributed by atoms with E-state index in [1.54, 1.807) is 12.1 Å². The topological polar surface area (TPSA) is 174 Å². The number of benzene rings is 14. The Kier molecular flexibility index (Phi) is 36.7. The van der Waals surface area contributed by atoms with E-state index in [2.05, 4.69) is 87.4 Å². The Balaban J connectivity index is 0.000000150. The molecule has 1 atom stereocenters. The number of fused-ring (bicyclic) bond motifs is 2. The van der Waals surface area contributed by atoms with Crippen molar-refractivity contribution in [1.82, 2.24) is 44.9 Å². The van der Waals surface area contributed by atoms with Gasteiger partial charge in [0.15, 0.2) is 52.4 Å². The maximum absolute atomic E-state index is 12.0. The summed E-state index contributed by atoms with van der Waals surface area (Å²) in [5.41, 5.74) is 13.0. The van der Waals surface area contributed by atoms with Crippen LogP contribution in [-0.4, -0.2) is 76.4 Å². The van der Waals surface area contributed by atoms with Gasteiger partial charge in [0.25, 0.3) is 0 Å². The average molecular weight is 2010 g/mol. The number of ether oxygens (including phenoxy) is 1. The molecule has 0 bridgehead atoms. The summed E-state index contributed by atoms with van der Waals surface area (Å²) in [5, 5.41) is 3.26. The fraction of sp³-hybridized carbons (Fsp3) is 0.111. The van der Waals surface area contributed by atoms with Crippen molar-refractivity contribution in [2.45, 2.75) is 64.6 Å². The standard InChI is InChI=1S/C27H25BN3O2.C27H17BrClN3.C27H17ClN3.C13H8O2.C6H3BrClI.C4H8O.C4H9.2Li/c1-26(2)27(3,4)33-28(32-26)22-18-12-11-17-21(22)25-30-23(19-13-7-5-8-14-19)29-24(31-25)20-15-9-6-10-16-20;28-24-21(16-9-17-23(24)29)20-14-7-8-15-22(20)27-31-25(18-10-3-1-4-11-18)30-26(32-27)19-12-5-2-6-13-19;28-22-15-9-14-21(18-22)23-16-7-8-17-24(23)27-30-25(19-10-3-1-4-11-19)29-26(31-27)20-12-5-2-6-13-20;14-13-9-5-1-3-7-11(9)15-12-8-4-2-6-10(12)13;7-6-4(8)2-1-3-5(6)9;1-2-4-5-3-1;1-3-4-2;;/h5-18H,1H2,2-4H3;1-17H;1-17H;1-8H;1-3H;1-4H2;1,3-4H2,2H3;;/q+1;;-1;;;;-1;2*+1. The Labute approximate surface area is 834 Å². The summed E-state index contributed by atoms with van der Waals surface area (Å²) < 4.78 is 26.1. The van der Waals surface area contributed by atoms with Crippen LogP contribution in [0.4, 0.5) is 0 Å². The summed E-state index contributed by atoms with van der Waals surface area (Å²) >= 11 is 27.6. The molecule has 0 aliphatic carbocycles. The van der Waals surface area contributed by atoms with Crippen molar-refractivity contribution < 1.29 is 56.2 Å². The van der Waals surface area contributed by atoms with Crippen molar-refractivity contribution in [2.75, 3.05) is 13.2 Å². The van der Waals surface area contributed by atoms with E-state index in [9.17, 15) is 4.79 Å². The summed E-state index contributed by atoms with van der Waals surface area (Å²) in [7, 11) is -0.573. The molecule has 2 fully saturated rings. The first-order chi connectivity index (χ1) is 62.8. The number of halogens is 6. The third-order valence-corrected chi connectivity index (χ3v) is 25.4. The second-order valence-corrected chi connectivity index (χ2v) is 34.2. The SMILES string of the molecule is C1CCOC1.Clc1[c-]c(-c2ccccc2-c2nc(-c3ccccc3)nc(-c3ccccc3)n2)ccc1.Clc1cccc(-c2ccccc2-c2nc(-c3ccccc3)nc(-c3ccccc3)n2)c1Br.Clc1cccc(I)c1Br.O=c1c2ccccc2oc2ccccc12.[CH2+]C1(C)OB(c2ccccc2-c2nc(-c3ccccc3)nc(-c3ccccc3)n2)OC1(C)C.[CH2-]CCC.[Li+].[Li+]. The number of unbranched alkanes of at least 4 members (excludes halogenated alkanes) is 1. The summed E-state index contributed by atoms with van der Waals surface area (Å²) in [6.07, 6.45) is 4.83. The van der Waals surface area contributed by atoms with Gasteiger partial charge in [-0.3, -0.25) is 4.79 Å². The zero-order chi connectivity index (χ0) is 90.1. The molecule has 6 heterocycles. The normalized spacial score (nSPS) is 13.2. The molecule has 0 amide bonds. The van der Waals surface area contributed by atoms with Crippen LogP contribution >= 0.6 is 89.3 Å². The fourth-order valence-corrected chi connectivity index (χ4v) is 15.4. The molecule has 0 radical (unpaired) electrons. The van der Waals surface area contributed by atoms with Crippen molar-refractivity contribution in [3.63, 3.8) is 0 Å². The first-order valence-corrected chi connectivity index (χ1v) is 45.7. The van der Waals surface area contributed by atoms with Gasteiger partial charge in [-0.1, -0.05) is 339 Å². The molecule has 14 aromatic carbocycles. The van der Waals surface area contributed by atoms with Crippen LogP contribution < -0.4 is 48.6 Å². The molecule has 23 heteroatoms. The smallest absolute Gasteiger partial charge is 0.456 e. The fourth-order valence-electron chi connectivity index (χ4n) is 13.5. The van der Waals surface area contributed by atoms with Crippen molar-refractivity contribution in [1.29, 1.82) is 0 Å². The van der Waals surface area contributed by atoms with Crippen molar-refractivity contribution in [2.24, 2.45) is 0 Å². The second kappa shape index (κ2) is 48.5. The molecule has 131 heavy (non-hydrogen) atoms. The van der Waals surface area contributed by atoms with Crippen LogP contribution in [0.2, 0.25) is 15.1 Å². The molecule has 2 aliphatic rings. The van der Waals surface area contributed by atoms with Crippen LogP contribution in [-0.2, 0) is 14.0 Å². The van der Waals surface area contributed by atoms with Crippen molar-refractivity contribution in [3.05, 3.63) is 416 Å². The van der Waals surface area contributed by atoms with Gasteiger partial charge < -0.3 is 25.4 Å². The van der Waals surface area contributed by atoms with E-state index >= 15 is 0 Å². The van der Waals surface area contributed by atoms with E-state index in [-0.39, 0.29) is 43.1 Å². The maximum atomic E-state index is 12.0. The molecule has 18 aromatic rings. The first kappa shape index (κ1) is 99.2. The Morgan fingerprint density at radius 3 is 1.08 bits per heavy atom. The Morgan fingerprint density at radius 1 is 0.389 bits per heavy atom. The Morgan fingerprint density at radius 2 is 0.710 bits per heavy atom. The third kappa shape index (κ3) is 25.9. The molecular weight excluding hydrogens is 1920 g/mol. The number of rotatable bonds is 13. The van der Waals surface area contributed by atoms with Gasteiger partial charge in [-0.2, -0.15) is 6.42 Å². The molecular formula is C108H87BBr2Cl3ILi2N9O5+. The Bertz CT molecular complexity index is 6580. The monoisotopic (exact) mass is 2000 g/mol. The molecule has 4 aromatic heterocycles. The molecule has 2 aliphatic heterocycles. The second-order valence-electron chi connectivity index (χ2n) is 30.2. The minimum atomic E-state index is -0.686. The molecule has 640 valence electrons. The number of hydrogen-bond donors (Lipinski definition) is 0. The van der Waals surface area contributed by atoms with Crippen LogP contribution in [0.1, 0.15) is 53.4 Å². The maximum Gasteiger partial charge on any atom is 1.00 e. The van der Waals surface area contributed by atoms with Crippen LogP contribution in [0.5, 0.6) is 0 Å². The van der Waals surface area contributed by atoms with Gasteiger partial charge in [0, 0.05) is 77.2 Å². The van der Waals surface area contributed by atoms with E-state index in [4.69, 9.17) is 98.1 Å². The number of hydrogen-bond acceptors (Lipinski definition) is 14. The van der Waals surface area contributed by atoms with Gasteiger partial charge in [0.1, 0.15) is 16.8 Å². The van der Waals surface area contributed by atoms with Gasteiger partial charge >= 0.3 is 44.8 Å². The quantitative estimate of drug-likeness (QED) is 0.0351. The summed E-state index contributed by atoms with van der Waals surface area (Å²) in [4.78, 5) is 55.5. The van der Waals surface area contributed by atoms with Gasteiger partial charge in [-0.05, 0) is 151 Å². The molecule has 14 nitrogen and oxygen atoms in total. The van der Waals surface area contributed by atoms with Crippen molar-refractivity contribution in [3.8, 4) is 125 Å². The van der Waals surface area contributed by atoms with Crippen LogP contribution in [0, 0.1) is 23.5 Å². The first-order valence-electron chi connectivity index (χ1n) is 41.9. The molecule has 0 N–H and O–H groups in total. The van der Waals surface area contributed by atoms with E-state index < -0.39 is 18.3 Å². The molecule has 2 saturated heterocycles. The van der Waals surface area contributed by atoms with Gasteiger partial charge in [0.05, 0.1) is 27.7 Å². The van der Waals surface area contributed by atoms with E-state index in [0.29, 0.717) is 84.4 Å². The van der Waals surface area contributed by atoms with Crippen molar-refractivity contribution >= 4 is 124 Å². The van der Waals surface area contributed by atoms with Crippen LogP contribution in [0.25, 0.3) is 147 Å². The van der Waals surface area contributed by atoms with E-state index in [1.165, 1.54) is 19.3 Å². The molecule has 0 saturated carbocycles. The number of aromatic nitrogens is 9. The number of para-hydroxylation sites is 2. The minimum Gasteiger partial charge on any atom is -0.456 e. The largest absolute Gasteiger partial charge is 1.00 e. The predicted molar refractivity (Wildman–Crippen MR) is 543 cm³/mol. The minimum absolute atomic E-state index is 0. The van der Waals surface area contributed by atoms with E-state index in [1.807, 2.05) is 360 Å². The molecule has 20 rings (SSSR count). The predicted octanol–water partition coefficient (Wildman–Crippen LogP) is 23.0. The molecule has 1 unspecified atom stereocenters. The van der Waals surface area contributed by atoms with Gasteiger partial charge in [-0.25, -0.2) is 44.9 Å². The summed E-state index contributed by atoms with van der Waals surface area (Å²) in [5.74, 6) is 5.56. The van der Waals surface area contributed by atoms with Crippen LogP contribution in [0.15, 0.2) is 376 Å². The average Bonchev–Trinajstić information content (AvgIpc) is 1.56. The Hall–Kier alpha value is -10.9. The third-order valence-electron chi connectivity index (χ3n) is 20.8.